The lowest BCUT2D eigenvalue weighted by atomic mass is 10.7. The minimum absolute atomic E-state index is 0.852. The highest BCUT2D eigenvalue weighted by Crippen LogP contribution is 2.23. The van der Waals surface area contributed by atoms with Crippen LogP contribution in [0.15, 0.2) is 0 Å². The molecule has 0 aliphatic carbocycles. The fourth-order valence-corrected chi connectivity index (χ4v) is 5.40. The van der Waals surface area contributed by atoms with Crippen LogP contribution in [0.4, 0.5) is 0 Å². The molecule has 0 unspecified atom stereocenters. The smallest absolute Gasteiger partial charge is 0.220 e. The van der Waals surface area contributed by atoms with Crippen molar-refractivity contribution in [3.8, 4) is 0 Å². The molecule has 1 aliphatic rings. The van der Waals surface area contributed by atoms with Gasteiger partial charge >= 0.3 is 0 Å². The topological polar surface area (TPSA) is 3.01 Å². The van der Waals surface area contributed by atoms with Gasteiger partial charge in [0.25, 0.3) is 4.38 Å². The molecular formula is C8H18NS2Si+. The van der Waals surface area contributed by atoms with Crippen LogP contribution >= 0.6 is 23.5 Å². The molecule has 0 spiro atoms. The molecule has 1 rings (SSSR count). The Bertz CT molecular complexity index is 196. The van der Waals surface area contributed by atoms with E-state index in [4.69, 9.17) is 0 Å². The standard InChI is InChI=1S/C8H18NS2Si/c1-9-5-6-10-8(9)11-7-12(2,3)4/h5-7H2,1-4H3/q+1. The van der Waals surface area contributed by atoms with Gasteiger partial charge in [-0.2, -0.15) is 0 Å². The summed E-state index contributed by atoms with van der Waals surface area (Å²) in [4.78, 5) is 0. The van der Waals surface area contributed by atoms with E-state index in [0.29, 0.717) is 0 Å². The minimum atomic E-state index is -0.852. The lowest BCUT2D eigenvalue weighted by Crippen LogP contribution is -2.25. The van der Waals surface area contributed by atoms with Crippen molar-refractivity contribution >= 4 is 36.0 Å². The SMILES string of the molecule is C[N+]1=C(SC[Si](C)(C)C)SCC1. The first-order valence-electron chi connectivity index (χ1n) is 4.33. The van der Waals surface area contributed by atoms with Gasteiger partial charge in [-0.3, -0.25) is 0 Å². The highest BCUT2D eigenvalue weighted by molar-refractivity contribution is 8.39. The molecule has 0 N–H and O–H groups in total. The van der Waals surface area contributed by atoms with Crippen LogP contribution in [-0.2, 0) is 0 Å². The van der Waals surface area contributed by atoms with E-state index < -0.39 is 8.07 Å². The Morgan fingerprint density at radius 1 is 1.50 bits per heavy atom. The van der Waals surface area contributed by atoms with E-state index in [2.05, 4.69) is 43.0 Å². The highest BCUT2D eigenvalue weighted by Gasteiger charge is 2.23. The van der Waals surface area contributed by atoms with Gasteiger partial charge in [0.05, 0.1) is 13.8 Å². The number of thioether (sulfide) groups is 2. The Morgan fingerprint density at radius 3 is 2.58 bits per heavy atom. The molecule has 0 aromatic rings. The van der Waals surface area contributed by atoms with E-state index in [1.54, 1.807) is 0 Å². The van der Waals surface area contributed by atoms with Crippen LogP contribution in [0.3, 0.4) is 0 Å². The molecule has 1 heterocycles. The van der Waals surface area contributed by atoms with E-state index in [-0.39, 0.29) is 0 Å². The maximum absolute atomic E-state index is 2.43. The molecule has 4 heteroatoms. The third kappa shape index (κ3) is 3.54. The summed E-state index contributed by atoms with van der Waals surface area (Å²) in [6.07, 6.45) is 0. The Labute approximate surface area is 85.0 Å². The number of hydrogen-bond donors (Lipinski definition) is 0. The average Bonchev–Trinajstić information content (AvgIpc) is 2.29. The van der Waals surface area contributed by atoms with Crippen molar-refractivity contribution in [2.75, 3.05) is 24.7 Å². The third-order valence-corrected chi connectivity index (χ3v) is 7.85. The molecule has 1 nitrogen and oxygen atoms in total. The van der Waals surface area contributed by atoms with Crippen molar-refractivity contribution in [1.82, 2.24) is 0 Å². The van der Waals surface area contributed by atoms with E-state index in [1.807, 2.05) is 11.8 Å². The summed E-state index contributed by atoms with van der Waals surface area (Å²) in [6, 6.07) is 0. The van der Waals surface area contributed by atoms with Crippen LogP contribution < -0.4 is 0 Å². The van der Waals surface area contributed by atoms with Gasteiger partial charge in [0.15, 0.2) is 6.54 Å². The molecule has 1 aliphatic heterocycles. The first-order chi connectivity index (χ1) is 5.49. The largest absolute Gasteiger partial charge is 0.269 e. The molecule has 0 saturated heterocycles. The van der Waals surface area contributed by atoms with Crippen molar-refractivity contribution in [3.05, 3.63) is 0 Å². The van der Waals surface area contributed by atoms with Crippen molar-refractivity contribution in [1.29, 1.82) is 0 Å². The molecule has 12 heavy (non-hydrogen) atoms. The average molecular weight is 220 g/mol. The zero-order valence-corrected chi connectivity index (χ0v) is 11.0. The first kappa shape index (κ1) is 10.7. The normalized spacial score (nSPS) is 19.0. The maximum Gasteiger partial charge on any atom is 0.269 e. The van der Waals surface area contributed by atoms with Crippen LogP contribution in [0.1, 0.15) is 0 Å². The van der Waals surface area contributed by atoms with Crippen LogP contribution in [-0.4, -0.2) is 41.7 Å². The third-order valence-electron chi connectivity index (χ3n) is 1.59. The minimum Gasteiger partial charge on any atom is -0.220 e. The van der Waals surface area contributed by atoms with Crippen LogP contribution in [0, 0.1) is 0 Å². The quantitative estimate of drug-likeness (QED) is 0.519. The Balaban J connectivity index is 2.37. The second-order valence-corrected chi connectivity index (χ2v) is 12.7. The summed E-state index contributed by atoms with van der Waals surface area (Å²) in [5.74, 6) is 1.28. The van der Waals surface area contributed by atoms with Crippen LogP contribution in [0.5, 0.6) is 0 Å². The number of rotatable bonds is 2. The Hall–Kier alpha value is 0.587. The maximum atomic E-state index is 2.43. The predicted molar refractivity (Wildman–Crippen MR) is 64.3 cm³/mol. The second kappa shape index (κ2) is 4.20. The summed E-state index contributed by atoms with van der Waals surface area (Å²) in [6.45, 7) is 8.53. The molecule has 0 bridgehead atoms. The van der Waals surface area contributed by atoms with Crippen molar-refractivity contribution in [2.45, 2.75) is 19.6 Å². The fraction of sp³-hybridized carbons (Fsp3) is 0.875. The van der Waals surface area contributed by atoms with Gasteiger partial charge < -0.3 is 0 Å². The molecule has 0 aromatic heterocycles. The van der Waals surface area contributed by atoms with Gasteiger partial charge in [-0.1, -0.05) is 31.4 Å². The Morgan fingerprint density at radius 2 is 2.17 bits per heavy atom. The molecule has 0 atom stereocenters. The van der Waals surface area contributed by atoms with Gasteiger partial charge in [-0.25, -0.2) is 4.58 Å². The van der Waals surface area contributed by atoms with E-state index >= 15 is 0 Å². The number of nitrogens with zero attached hydrogens (tertiary/aromatic N) is 1. The summed E-state index contributed by atoms with van der Waals surface area (Å²) < 4.78 is 3.92. The van der Waals surface area contributed by atoms with Gasteiger partial charge in [0.1, 0.15) is 7.05 Å². The van der Waals surface area contributed by atoms with Gasteiger partial charge in [0, 0.05) is 0 Å². The first-order valence-corrected chi connectivity index (χ1v) is 10.0. The van der Waals surface area contributed by atoms with E-state index in [0.717, 1.165) is 0 Å². The molecule has 0 radical (unpaired) electrons. The molecule has 0 fully saturated rings. The fourth-order valence-electron chi connectivity index (χ4n) is 0.901. The lowest BCUT2D eigenvalue weighted by molar-refractivity contribution is -0.483. The Kier molecular flexibility index (Phi) is 3.73. The van der Waals surface area contributed by atoms with E-state index in [9.17, 15) is 0 Å². The summed E-state index contributed by atoms with van der Waals surface area (Å²) in [5.41, 5.74) is 0. The lowest BCUT2D eigenvalue weighted by Gasteiger charge is -2.12. The second-order valence-electron chi connectivity index (χ2n) is 4.39. The molecule has 0 amide bonds. The van der Waals surface area contributed by atoms with Crippen LogP contribution in [0.25, 0.3) is 0 Å². The molecular weight excluding hydrogens is 202 g/mol. The summed E-state index contributed by atoms with van der Waals surface area (Å²) in [5, 5.41) is 1.36. The zero-order chi connectivity index (χ0) is 9.19. The van der Waals surface area contributed by atoms with Gasteiger partial charge in [-0.05, 0) is 17.1 Å². The summed E-state index contributed by atoms with van der Waals surface area (Å²) >= 11 is 4.09. The van der Waals surface area contributed by atoms with Crippen molar-refractivity contribution in [2.24, 2.45) is 0 Å². The predicted octanol–water partition coefficient (Wildman–Crippen LogP) is 2.34. The highest BCUT2D eigenvalue weighted by atomic mass is 32.2. The van der Waals surface area contributed by atoms with Crippen LogP contribution in [0.2, 0.25) is 19.6 Å². The van der Waals surface area contributed by atoms with E-state index in [1.165, 1.54) is 22.0 Å². The zero-order valence-electron chi connectivity index (χ0n) is 8.39. The monoisotopic (exact) mass is 220 g/mol. The number of hydrogen-bond acceptors (Lipinski definition) is 2. The van der Waals surface area contributed by atoms with Crippen molar-refractivity contribution in [3.63, 3.8) is 0 Å². The van der Waals surface area contributed by atoms with Gasteiger partial charge in [-0.15, -0.1) is 0 Å². The molecule has 0 aromatic carbocycles. The summed E-state index contributed by atoms with van der Waals surface area (Å²) in [7, 11) is 1.35. The molecule has 0 saturated carbocycles. The molecule has 70 valence electrons. The van der Waals surface area contributed by atoms with Gasteiger partial charge in [0.2, 0.25) is 0 Å². The van der Waals surface area contributed by atoms with Crippen molar-refractivity contribution < 1.29 is 4.58 Å².